The van der Waals surface area contributed by atoms with Gasteiger partial charge in [-0.2, -0.15) is 0 Å². The van der Waals surface area contributed by atoms with Gasteiger partial charge >= 0.3 is 0 Å². The Labute approximate surface area is 240 Å². The zero-order valence-electron chi connectivity index (χ0n) is 21.9. The van der Waals surface area contributed by atoms with Crippen molar-refractivity contribution in [3.8, 4) is 11.3 Å². The maximum absolute atomic E-state index is 14.0. The first-order chi connectivity index (χ1) is 19.4. The lowest BCUT2D eigenvalue weighted by Crippen LogP contribution is -2.19. The smallest absolute Gasteiger partial charge is 0.258 e. The molecule has 0 spiro atoms. The van der Waals surface area contributed by atoms with Gasteiger partial charge in [-0.05, 0) is 55.8 Å². The predicted molar refractivity (Wildman–Crippen MR) is 161 cm³/mol. The van der Waals surface area contributed by atoms with Gasteiger partial charge in [0.05, 0.1) is 11.3 Å². The number of aryl methyl sites for hydroxylation is 2. The minimum atomic E-state index is -0.578. The van der Waals surface area contributed by atoms with E-state index in [9.17, 15) is 14.0 Å². The van der Waals surface area contributed by atoms with Crippen molar-refractivity contribution in [1.82, 2.24) is 4.98 Å². The maximum atomic E-state index is 14.0. The molecule has 5 nitrogen and oxygen atoms in total. The topological polar surface area (TPSA) is 71.1 Å². The number of hydrogen-bond acceptors (Lipinski definition) is 5. The Morgan fingerprint density at radius 3 is 2.20 bits per heavy atom. The molecule has 5 rings (SSSR count). The number of rotatable bonds is 8. The molecule has 0 aliphatic heterocycles. The second-order valence-electron chi connectivity index (χ2n) is 9.15. The van der Waals surface area contributed by atoms with E-state index in [4.69, 9.17) is 4.98 Å². The van der Waals surface area contributed by atoms with Crippen LogP contribution in [0.4, 0.5) is 15.2 Å². The van der Waals surface area contributed by atoms with Crippen molar-refractivity contribution >= 4 is 45.7 Å². The third-order valence-electron chi connectivity index (χ3n) is 6.18. The van der Waals surface area contributed by atoms with E-state index in [-0.39, 0.29) is 11.5 Å². The van der Waals surface area contributed by atoms with E-state index < -0.39 is 17.0 Å². The molecule has 40 heavy (non-hydrogen) atoms. The number of thiazole rings is 1. The van der Waals surface area contributed by atoms with Crippen LogP contribution in [0.2, 0.25) is 0 Å². The quantitative estimate of drug-likeness (QED) is 0.185. The summed E-state index contributed by atoms with van der Waals surface area (Å²) < 4.78 is 14.0. The van der Waals surface area contributed by atoms with Gasteiger partial charge < -0.3 is 10.6 Å². The van der Waals surface area contributed by atoms with Crippen molar-refractivity contribution in [2.45, 2.75) is 24.0 Å². The number of benzene rings is 4. The van der Waals surface area contributed by atoms with E-state index in [2.05, 4.69) is 10.6 Å². The summed E-state index contributed by atoms with van der Waals surface area (Å²) in [6, 6.07) is 30.7. The molecule has 1 heterocycles. The third-order valence-corrected chi connectivity index (χ3v) is 8.33. The van der Waals surface area contributed by atoms with Crippen LogP contribution in [0, 0.1) is 19.7 Å². The molecule has 0 saturated carbocycles. The van der Waals surface area contributed by atoms with Crippen LogP contribution in [0.25, 0.3) is 11.3 Å². The number of carbonyl (C=O) groups is 2. The van der Waals surface area contributed by atoms with Gasteiger partial charge in [0, 0.05) is 21.0 Å². The highest BCUT2D eigenvalue weighted by Gasteiger charge is 2.24. The Morgan fingerprint density at radius 1 is 0.825 bits per heavy atom. The van der Waals surface area contributed by atoms with Gasteiger partial charge in [0.1, 0.15) is 11.1 Å². The Morgan fingerprint density at radius 2 is 1.50 bits per heavy atom. The largest absolute Gasteiger partial charge is 0.322 e. The fourth-order valence-corrected chi connectivity index (χ4v) is 5.96. The van der Waals surface area contributed by atoms with Crippen LogP contribution in [0.3, 0.4) is 0 Å². The van der Waals surface area contributed by atoms with Crippen LogP contribution in [-0.2, 0) is 4.79 Å². The summed E-state index contributed by atoms with van der Waals surface area (Å²) in [6.07, 6.45) is 0. The fourth-order valence-electron chi connectivity index (χ4n) is 4.10. The minimum absolute atomic E-state index is 0.0234. The SMILES string of the molecule is Cc1ccc(-c2nc(NC(=O)C(Sc3ccc(NC(=O)c4ccccc4F)cc3)c3ccccc3)sc2C)cc1. The van der Waals surface area contributed by atoms with Crippen molar-refractivity contribution in [3.63, 3.8) is 0 Å². The monoisotopic (exact) mass is 567 g/mol. The van der Waals surface area contributed by atoms with E-state index in [0.29, 0.717) is 10.8 Å². The highest BCUT2D eigenvalue weighted by molar-refractivity contribution is 8.00. The van der Waals surface area contributed by atoms with Crippen LogP contribution in [0.5, 0.6) is 0 Å². The number of thioether (sulfide) groups is 1. The second-order valence-corrected chi connectivity index (χ2v) is 11.5. The predicted octanol–water partition coefficient (Wildman–Crippen LogP) is 8.29. The van der Waals surface area contributed by atoms with Gasteiger partial charge in [-0.25, -0.2) is 9.37 Å². The van der Waals surface area contributed by atoms with Crippen molar-refractivity contribution in [2.75, 3.05) is 10.6 Å². The zero-order chi connectivity index (χ0) is 28.1. The fraction of sp³-hybridized carbons (Fsp3) is 0.0938. The lowest BCUT2D eigenvalue weighted by Gasteiger charge is -2.16. The normalized spacial score (nSPS) is 11.6. The summed E-state index contributed by atoms with van der Waals surface area (Å²) in [5.74, 6) is -1.29. The summed E-state index contributed by atoms with van der Waals surface area (Å²) >= 11 is 2.84. The van der Waals surface area contributed by atoms with Gasteiger partial charge in [0.15, 0.2) is 5.13 Å². The second kappa shape index (κ2) is 12.3. The molecular weight excluding hydrogens is 542 g/mol. The Bertz CT molecular complexity index is 1640. The van der Waals surface area contributed by atoms with Gasteiger partial charge in [-0.3, -0.25) is 9.59 Å². The molecule has 200 valence electrons. The molecule has 2 N–H and O–H groups in total. The molecule has 5 aromatic rings. The molecule has 1 unspecified atom stereocenters. The number of aromatic nitrogens is 1. The molecule has 8 heteroatoms. The summed E-state index contributed by atoms with van der Waals surface area (Å²) in [6.45, 7) is 4.04. The van der Waals surface area contributed by atoms with Crippen LogP contribution in [0.15, 0.2) is 108 Å². The van der Waals surface area contributed by atoms with E-state index in [1.54, 1.807) is 18.2 Å². The van der Waals surface area contributed by atoms with Gasteiger partial charge in [-0.1, -0.05) is 72.3 Å². The molecule has 2 amide bonds. The Kier molecular flexibility index (Phi) is 8.38. The molecule has 0 radical (unpaired) electrons. The molecule has 1 aromatic heterocycles. The van der Waals surface area contributed by atoms with Gasteiger partial charge in [0.25, 0.3) is 5.91 Å². The summed E-state index contributed by atoms with van der Waals surface area (Å²) in [5, 5.41) is 5.75. The summed E-state index contributed by atoms with van der Waals surface area (Å²) in [7, 11) is 0. The maximum Gasteiger partial charge on any atom is 0.258 e. The standard InChI is InChI=1S/C32H26FN3O2S2/c1-20-12-14-22(15-13-20)28-21(2)39-32(35-28)36-31(38)29(23-8-4-3-5-9-23)40-25-18-16-24(17-19-25)34-30(37)26-10-6-7-11-27(26)33/h3-19,29H,1-2H3,(H,34,37)(H,35,36,38). The van der Waals surface area contributed by atoms with E-state index in [1.807, 2.05) is 80.6 Å². The highest BCUT2D eigenvalue weighted by atomic mass is 32.2. The van der Waals surface area contributed by atoms with Crippen LogP contribution < -0.4 is 10.6 Å². The molecule has 0 saturated heterocycles. The van der Waals surface area contributed by atoms with Crippen molar-refractivity contribution in [2.24, 2.45) is 0 Å². The van der Waals surface area contributed by atoms with Crippen molar-refractivity contribution in [1.29, 1.82) is 0 Å². The van der Waals surface area contributed by atoms with Crippen LogP contribution in [-0.4, -0.2) is 16.8 Å². The summed E-state index contributed by atoms with van der Waals surface area (Å²) in [5.41, 5.74) is 4.40. The molecule has 0 bridgehead atoms. The molecule has 0 aliphatic rings. The van der Waals surface area contributed by atoms with Crippen LogP contribution in [0.1, 0.15) is 31.6 Å². The van der Waals surface area contributed by atoms with Gasteiger partial charge in [0.2, 0.25) is 5.91 Å². The first-order valence-electron chi connectivity index (χ1n) is 12.6. The molecule has 0 fully saturated rings. The molecular formula is C32H26FN3O2S2. The number of amides is 2. The number of halogens is 1. The summed E-state index contributed by atoms with van der Waals surface area (Å²) in [4.78, 5) is 32.6. The van der Waals surface area contributed by atoms with Crippen molar-refractivity contribution < 1.29 is 14.0 Å². The number of nitrogens with one attached hydrogen (secondary N) is 2. The van der Waals surface area contributed by atoms with E-state index in [1.165, 1.54) is 46.9 Å². The molecule has 0 aliphatic carbocycles. The number of anilines is 2. The van der Waals surface area contributed by atoms with Crippen molar-refractivity contribution in [3.05, 3.63) is 131 Å². The minimum Gasteiger partial charge on any atom is -0.322 e. The lowest BCUT2D eigenvalue weighted by atomic mass is 10.1. The number of carbonyl (C=O) groups excluding carboxylic acids is 2. The third kappa shape index (κ3) is 6.47. The van der Waals surface area contributed by atoms with Gasteiger partial charge in [-0.15, -0.1) is 23.1 Å². The lowest BCUT2D eigenvalue weighted by molar-refractivity contribution is -0.115. The number of nitrogens with zero attached hydrogens (tertiary/aromatic N) is 1. The van der Waals surface area contributed by atoms with Crippen LogP contribution >= 0.6 is 23.1 Å². The molecule has 1 atom stereocenters. The zero-order valence-corrected chi connectivity index (χ0v) is 23.5. The average Bonchev–Trinajstić information content (AvgIpc) is 3.33. The van der Waals surface area contributed by atoms with E-state index in [0.717, 1.165) is 26.6 Å². The first kappa shape index (κ1) is 27.3. The average molecular weight is 568 g/mol. The highest BCUT2D eigenvalue weighted by Crippen LogP contribution is 2.38. The first-order valence-corrected chi connectivity index (χ1v) is 14.3. The molecule has 4 aromatic carbocycles. The Balaban J connectivity index is 1.32. The van der Waals surface area contributed by atoms with E-state index >= 15 is 0 Å². The Hall–Kier alpha value is -4.27. The number of hydrogen-bond donors (Lipinski definition) is 2.